The summed E-state index contributed by atoms with van der Waals surface area (Å²) < 4.78 is 58.7. The Morgan fingerprint density at radius 1 is 0.840 bits per heavy atom. The molecule has 0 spiro atoms. The van der Waals surface area contributed by atoms with E-state index >= 15 is 0 Å². The lowest BCUT2D eigenvalue weighted by Gasteiger charge is -2.10. The fourth-order valence-electron chi connectivity index (χ4n) is 1.83. The van der Waals surface area contributed by atoms with E-state index in [4.69, 9.17) is 16.3 Å². The quantitative estimate of drug-likeness (QED) is 0.536. The summed E-state index contributed by atoms with van der Waals surface area (Å²) in [4.78, 5) is 2.48. The van der Waals surface area contributed by atoms with Crippen LogP contribution in [0.4, 0.5) is 28.9 Å². The number of pyridine rings is 1. The molecule has 128 valence electrons. The number of hydrogen-bond donors (Lipinski definition) is 1. The highest BCUT2D eigenvalue weighted by molar-refractivity contribution is 6.29. The minimum atomic E-state index is -1.75. The summed E-state index contributed by atoms with van der Waals surface area (Å²) in [7, 11) is 0. The van der Waals surface area contributed by atoms with Crippen molar-refractivity contribution in [3.63, 3.8) is 0 Å². The van der Waals surface area contributed by atoms with E-state index in [2.05, 4.69) is 20.5 Å². The van der Waals surface area contributed by atoms with Crippen molar-refractivity contribution in [3.05, 3.63) is 65.1 Å². The van der Waals surface area contributed by atoms with E-state index in [-0.39, 0.29) is 16.7 Å². The topological polar surface area (TPSA) is 59.9 Å². The zero-order valence-corrected chi connectivity index (χ0v) is 12.9. The first-order chi connectivity index (χ1) is 11.9. The molecule has 0 aliphatic carbocycles. The van der Waals surface area contributed by atoms with Gasteiger partial charge in [0.15, 0.2) is 5.15 Å². The Labute approximate surface area is 143 Å². The lowest BCUT2D eigenvalue weighted by Crippen LogP contribution is -2.06. The number of nitrogens with one attached hydrogen (secondary N) is 1. The maximum Gasteiger partial charge on any atom is 0.253 e. The molecule has 0 fully saturated rings. The van der Waals surface area contributed by atoms with Crippen LogP contribution in [0.1, 0.15) is 0 Å². The summed E-state index contributed by atoms with van der Waals surface area (Å²) in [6.45, 7) is 0. The number of rotatable bonds is 4. The maximum atomic E-state index is 13.6. The predicted molar refractivity (Wildman–Crippen MR) is 80.9 cm³/mol. The first-order valence-electron chi connectivity index (χ1n) is 6.68. The zero-order valence-electron chi connectivity index (χ0n) is 12.1. The molecular formula is C15H7ClF4N4O. The maximum absolute atomic E-state index is 13.6. The van der Waals surface area contributed by atoms with Crippen LogP contribution < -0.4 is 10.1 Å². The Kier molecular flexibility index (Phi) is 4.66. The van der Waals surface area contributed by atoms with E-state index < -0.39 is 29.2 Å². The molecule has 5 nitrogen and oxygen atoms in total. The van der Waals surface area contributed by atoms with Crippen LogP contribution in [0.25, 0.3) is 0 Å². The monoisotopic (exact) mass is 370 g/mol. The van der Waals surface area contributed by atoms with Crippen molar-refractivity contribution in [2.24, 2.45) is 0 Å². The summed E-state index contributed by atoms with van der Waals surface area (Å²) in [6, 6.07) is 8.64. The van der Waals surface area contributed by atoms with Gasteiger partial charge in [0.05, 0.1) is 0 Å². The summed E-state index contributed by atoms with van der Waals surface area (Å²) in [5, 5.41) is 9.75. The van der Waals surface area contributed by atoms with Gasteiger partial charge in [-0.15, -0.1) is 10.2 Å². The number of halogens is 5. The summed E-state index contributed by atoms with van der Waals surface area (Å²) in [5.74, 6) is -6.23. The molecule has 1 N–H and O–H groups in total. The van der Waals surface area contributed by atoms with Crippen LogP contribution >= 0.6 is 11.6 Å². The Morgan fingerprint density at radius 3 is 2.04 bits per heavy atom. The molecule has 3 aromatic rings. The molecular weight excluding hydrogens is 364 g/mol. The lowest BCUT2D eigenvalue weighted by molar-refractivity contribution is 0.411. The minimum absolute atomic E-state index is 0.164. The largest absolute Gasteiger partial charge is 0.438 e. The zero-order chi connectivity index (χ0) is 18.0. The van der Waals surface area contributed by atoms with Crippen molar-refractivity contribution in [1.29, 1.82) is 0 Å². The van der Waals surface area contributed by atoms with Crippen molar-refractivity contribution >= 4 is 23.0 Å². The van der Waals surface area contributed by atoms with Crippen molar-refractivity contribution in [3.8, 4) is 11.6 Å². The van der Waals surface area contributed by atoms with Crippen LogP contribution in [-0.2, 0) is 0 Å². The SMILES string of the molecule is Fc1nc(F)c(F)c(Nc2ccc(Oc3ccc(Cl)nn3)cc2)c1F. The number of anilines is 2. The third kappa shape index (κ3) is 3.77. The molecule has 2 heterocycles. The predicted octanol–water partition coefficient (Wildman–Crippen LogP) is 4.62. The minimum Gasteiger partial charge on any atom is -0.438 e. The van der Waals surface area contributed by atoms with E-state index in [9.17, 15) is 17.6 Å². The van der Waals surface area contributed by atoms with Crippen molar-refractivity contribution < 1.29 is 22.3 Å². The van der Waals surface area contributed by atoms with E-state index in [1.165, 1.54) is 36.4 Å². The highest BCUT2D eigenvalue weighted by atomic mass is 35.5. The normalized spacial score (nSPS) is 10.6. The third-order valence-electron chi connectivity index (χ3n) is 2.95. The smallest absolute Gasteiger partial charge is 0.253 e. The van der Waals surface area contributed by atoms with Gasteiger partial charge in [0.25, 0.3) is 11.9 Å². The van der Waals surface area contributed by atoms with Crippen molar-refractivity contribution in [2.75, 3.05) is 5.32 Å². The van der Waals surface area contributed by atoms with Gasteiger partial charge in [-0.2, -0.15) is 22.5 Å². The molecule has 10 heteroatoms. The highest BCUT2D eigenvalue weighted by Gasteiger charge is 2.20. The molecule has 0 aliphatic rings. The number of hydrogen-bond acceptors (Lipinski definition) is 5. The van der Waals surface area contributed by atoms with E-state index in [1.54, 1.807) is 0 Å². The van der Waals surface area contributed by atoms with Crippen LogP contribution in [0.15, 0.2) is 36.4 Å². The Morgan fingerprint density at radius 2 is 1.48 bits per heavy atom. The lowest BCUT2D eigenvalue weighted by atomic mass is 10.2. The van der Waals surface area contributed by atoms with Crippen molar-refractivity contribution in [1.82, 2.24) is 15.2 Å². The van der Waals surface area contributed by atoms with E-state index in [1.807, 2.05) is 0 Å². The molecule has 0 amide bonds. The molecule has 0 aliphatic heterocycles. The van der Waals surface area contributed by atoms with Gasteiger partial charge < -0.3 is 10.1 Å². The molecule has 0 radical (unpaired) electrons. The summed E-state index contributed by atoms with van der Waals surface area (Å²) >= 11 is 5.60. The number of benzene rings is 1. The summed E-state index contributed by atoms with van der Waals surface area (Å²) in [6.07, 6.45) is 0. The Hall–Kier alpha value is -2.94. The fourth-order valence-corrected chi connectivity index (χ4v) is 1.93. The molecule has 0 atom stereocenters. The molecule has 3 rings (SSSR count). The average Bonchev–Trinajstić information content (AvgIpc) is 2.60. The number of aromatic nitrogens is 3. The second kappa shape index (κ2) is 6.89. The van der Waals surface area contributed by atoms with Gasteiger partial charge in [0.2, 0.25) is 17.5 Å². The average molecular weight is 371 g/mol. The highest BCUT2D eigenvalue weighted by Crippen LogP contribution is 2.27. The second-order valence-electron chi connectivity index (χ2n) is 4.64. The van der Waals surface area contributed by atoms with Gasteiger partial charge in [-0.25, -0.2) is 0 Å². The fraction of sp³-hybridized carbons (Fsp3) is 0. The van der Waals surface area contributed by atoms with E-state index in [0.717, 1.165) is 0 Å². The molecule has 1 aromatic carbocycles. The first kappa shape index (κ1) is 16.9. The van der Waals surface area contributed by atoms with Gasteiger partial charge in [0, 0.05) is 11.8 Å². The molecule has 0 saturated carbocycles. The Balaban J connectivity index is 1.78. The molecule has 0 unspecified atom stereocenters. The van der Waals surface area contributed by atoms with E-state index in [0.29, 0.717) is 5.75 Å². The number of nitrogens with zero attached hydrogens (tertiary/aromatic N) is 3. The molecule has 0 bridgehead atoms. The van der Waals surface area contributed by atoms with Crippen molar-refractivity contribution in [2.45, 2.75) is 0 Å². The molecule has 0 saturated heterocycles. The molecule has 25 heavy (non-hydrogen) atoms. The first-order valence-corrected chi connectivity index (χ1v) is 7.06. The van der Waals surface area contributed by atoms with Crippen LogP contribution in [-0.4, -0.2) is 15.2 Å². The number of ether oxygens (including phenoxy) is 1. The van der Waals surface area contributed by atoms with Gasteiger partial charge in [0.1, 0.15) is 11.4 Å². The standard InChI is InChI=1S/C15H7ClF4N4O/c16-9-5-6-10(24-23-9)25-8-3-1-7(2-4-8)21-13-11(17)14(19)22-15(20)12(13)18/h1-6H,(H,21,22). The van der Waals surface area contributed by atoms with Gasteiger partial charge >= 0.3 is 0 Å². The second-order valence-corrected chi connectivity index (χ2v) is 5.03. The van der Waals surface area contributed by atoms with Gasteiger partial charge in [-0.05, 0) is 30.3 Å². The van der Waals surface area contributed by atoms with Crippen LogP contribution in [0.2, 0.25) is 5.15 Å². The van der Waals surface area contributed by atoms with Crippen LogP contribution in [0.3, 0.4) is 0 Å². The third-order valence-corrected chi connectivity index (χ3v) is 3.15. The van der Waals surface area contributed by atoms with Crippen LogP contribution in [0.5, 0.6) is 11.6 Å². The van der Waals surface area contributed by atoms with Gasteiger partial charge in [-0.3, -0.25) is 0 Å². The Bertz CT molecular complexity index is 881. The summed E-state index contributed by atoms with van der Waals surface area (Å²) in [5.41, 5.74) is -0.820. The van der Waals surface area contributed by atoms with Crippen LogP contribution in [0, 0.1) is 23.5 Å². The van der Waals surface area contributed by atoms with Gasteiger partial charge in [-0.1, -0.05) is 11.6 Å². The molecule has 2 aromatic heterocycles.